The lowest BCUT2D eigenvalue weighted by atomic mass is 9.85. The third kappa shape index (κ3) is 2.23. The van der Waals surface area contributed by atoms with Crippen molar-refractivity contribution in [3.05, 3.63) is 23.5 Å². The maximum absolute atomic E-state index is 12.3. The molecule has 18 heavy (non-hydrogen) atoms. The Labute approximate surface area is 107 Å². The van der Waals surface area contributed by atoms with Crippen LogP contribution in [-0.2, 0) is 9.53 Å². The van der Waals surface area contributed by atoms with Crippen molar-refractivity contribution in [1.29, 1.82) is 0 Å². The van der Waals surface area contributed by atoms with E-state index in [1.54, 1.807) is 0 Å². The summed E-state index contributed by atoms with van der Waals surface area (Å²) in [7, 11) is 0. The molecule has 1 aromatic rings. The quantitative estimate of drug-likeness (QED) is 0.819. The first-order valence-corrected chi connectivity index (χ1v) is 6.02. The van der Waals surface area contributed by atoms with Gasteiger partial charge in [0.25, 0.3) is 0 Å². The van der Waals surface area contributed by atoms with Gasteiger partial charge in [-0.15, -0.1) is 0 Å². The molecule has 0 radical (unpaired) electrons. The highest BCUT2D eigenvalue weighted by Gasteiger charge is 2.44. The van der Waals surface area contributed by atoms with Gasteiger partial charge in [0.2, 0.25) is 5.91 Å². The number of hydrogen-bond acceptors (Lipinski definition) is 4. The molecule has 98 valence electrons. The maximum atomic E-state index is 12.3. The van der Waals surface area contributed by atoms with Gasteiger partial charge in [-0.3, -0.25) is 9.78 Å². The average Bonchev–Trinajstić information content (AvgIpc) is 2.64. The van der Waals surface area contributed by atoms with Crippen molar-refractivity contribution in [2.24, 2.45) is 11.1 Å². The van der Waals surface area contributed by atoms with Crippen LogP contribution < -0.4 is 11.1 Å². The normalized spacial score (nSPS) is 27.2. The van der Waals surface area contributed by atoms with Crippen LogP contribution in [0.3, 0.4) is 0 Å². The van der Waals surface area contributed by atoms with E-state index in [-0.39, 0.29) is 11.9 Å². The van der Waals surface area contributed by atoms with Crippen molar-refractivity contribution < 1.29 is 9.53 Å². The average molecular weight is 249 g/mol. The van der Waals surface area contributed by atoms with Gasteiger partial charge in [0, 0.05) is 11.7 Å². The molecule has 3 N–H and O–H groups in total. The Hall–Kier alpha value is -1.46. The fraction of sp³-hybridized carbons (Fsp3) is 0.538. The predicted molar refractivity (Wildman–Crippen MR) is 69.2 cm³/mol. The Morgan fingerprint density at radius 2 is 2.28 bits per heavy atom. The minimum atomic E-state index is -0.669. The van der Waals surface area contributed by atoms with Gasteiger partial charge >= 0.3 is 0 Å². The molecule has 0 aromatic carbocycles. The molecule has 0 bridgehead atoms. The highest BCUT2D eigenvalue weighted by molar-refractivity contribution is 5.96. The van der Waals surface area contributed by atoms with Crippen molar-refractivity contribution in [1.82, 2.24) is 4.98 Å². The van der Waals surface area contributed by atoms with Gasteiger partial charge < -0.3 is 15.8 Å². The van der Waals surface area contributed by atoms with Crippen LogP contribution in [0, 0.1) is 19.3 Å². The fourth-order valence-electron chi connectivity index (χ4n) is 2.01. The summed E-state index contributed by atoms with van der Waals surface area (Å²) < 4.78 is 5.28. The molecule has 1 aromatic heterocycles. The molecular formula is C13H19N3O2. The summed E-state index contributed by atoms with van der Waals surface area (Å²) >= 11 is 0. The van der Waals surface area contributed by atoms with E-state index in [1.807, 2.05) is 32.9 Å². The van der Waals surface area contributed by atoms with Crippen LogP contribution in [0.15, 0.2) is 12.1 Å². The maximum Gasteiger partial charge on any atom is 0.234 e. The number of nitrogens with two attached hydrogens (primary N) is 1. The second-order valence-electron chi connectivity index (χ2n) is 5.08. The third-order valence-electron chi connectivity index (χ3n) is 3.51. The molecule has 0 spiro atoms. The van der Waals surface area contributed by atoms with Crippen molar-refractivity contribution in [3.63, 3.8) is 0 Å². The molecule has 1 fully saturated rings. The molecule has 2 unspecified atom stereocenters. The Kier molecular flexibility index (Phi) is 3.36. The van der Waals surface area contributed by atoms with Crippen LogP contribution in [0.4, 0.5) is 5.69 Å². The van der Waals surface area contributed by atoms with Crippen LogP contribution in [0.25, 0.3) is 0 Å². The first-order valence-electron chi connectivity index (χ1n) is 6.02. The van der Waals surface area contributed by atoms with Crippen LogP contribution >= 0.6 is 0 Å². The highest BCUT2D eigenvalue weighted by atomic mass is 16.5. The number of aromatic nitrogens is 1. The number of pyridine rings is 1. The van der Waals surface area contributed by atoms with E-state index < -0.39 is 5.41 Å². The number of hydrogen-bond donors (Lipinski definition) is 2. The van der Waals surface area contributed by atoms with Crippen LogP contribution in [0.2, 0.25) is 0 Å². The van der Waals surface area contributed by atoms with E-state index in [9.17, 15) is 4.79 Å². The van der Waals surface area contributed by atoms with E-state index in [1.165, 1.54) is 0 Å². The minimum absolute atomic E-state index is 0.110. The van der Waals surface area contributed by atoms with Crippen molar-refractivity contribution in [2.75, 3.05) is 18.5 Å². The van der Waals surface area contributed by atoms with Crippen LogP contribution in [-0.4, -0.2) is 30.1 Å². The zero-order valence-electron chi connectivity index (χ0n) is 11.0. The Morgan fingerprint density at radius 3 is 2.83 bits per heavy atom. The molecule has 0 saturated carbocycles. The predicted octanol–water partition coefficient (Wildman–Crippen LogP) is 1.00. The number of ether oxygens (including phenoxy) is 1. The summed E-state index contributed by atoms with van der Waals surface area (Å²) in [5.74, 6) is -0.110. The van der Waals surface area contributed by atoms with Gasteiger partial charge in [-0.2, -0.15) is 0 Å². The number of carbonyl (C=O) groups excluding carboxylic acids is 1. The Bertz CT molecular complexity index is 475. The number of aryl methyl sites for hydroxylation is 2. The molecule has 1 amide bonds. The number of nitrogens with one attached hydrogen (secondary N) is 1. The fourth-order valence-corrected chi connectivity index (χ4v) is 2.01. The number of carbonyl (C=O) groups is 1. The molecule has 5 heteroatoms. The SMILES string of the molecule is Cc1ccc(NC(=O)C2(C)COCC2N)c(C)n1. The monoisotopic (exact) mass is 249 g/mol. The minimum Gasteiger partial charge on any atom is -0.379 e. The highest BCUT2D eigenvalue weighted by Crippen LogP contribution is 2.29. The van der Waals surface area contributed by atoms with E-state index in [2.05, 4.69) is 10.3 Å². The van der Waals surface area contributed by atoms with Gasteiger partial charge in [-0.1, -0.05) is 0 Å². The van der Waals surface area contributed by atoms with Gasteiger partial charge in [0.05, 0.1) is 30.0 Å². The van der Waals surface area contributed by atoms with Crippen LogP contribution in [0.1, 0.15) is 18.3 Å². The van der Waals surface area contributed by atoms with Gasteiger partial charge in [0.1, 0.15) is 0 Å². The number of nitrogens with zero attached hydrogens (tertiary/aromatic N) is 1. The third-order valence-corrected chi connectivity index (χ3v) is 3.51. The molecule has 1 saturated heterocycles. The standard InChI is InChI=1S/C13H19N3O2/c1-8-4-5-10(9(2)15-8)16-12(17)13(3)7-18-6-11(13)14/h4-5,11H,6-7,14H2,1-3H3,(H,16,17). The molecule has 1 aliphatic heterocycles. The lowest BCUT2D eigenvalue weighted by Crippen LogP contribution is -2.47. The summed E-state index contributed by atoms with van der Waals surface area (Å²) in [4.78, 5) is 16.6. The Morgan fingerprint density at radius 1 is 1.56 bits per heavy atom. The van der Waals surface area contributed by atoms with Crippen molar-refractivity contribution >= 4 is 11.6 Å². The molecule has 2 heterocycles. The molecule has 2 rings (SSSR count). The number of rotatable bonds is 2. The smallest absolute Gasteiger partial charge is 0.234 e. The summed E-state index contributed by atoms with van der Waals surface area (Å²) in [5.41, 5.74) is 7.72. The zero-order chi connectivity index (χ0) is 13.3. The zero-order valence-corrected chi connectivity index (χ0v) is 11.0. The van der Waals surface area contributed by atoms with E-state index in [4.69, 9.17) is 10.5 Å². The summed E-state index contributed by atoms with van der Waals surface area (Å²) in [6.45, 7) is 6.40. The van der Waals surface area contributed by atoms with Crippen molar-refractivity contribution in [2.45, 2.75) is 26.8 Å². The first kappa shape index (κ1) is 13.0. The van der Waals surface area contributed by atoms with Gasteiger partial charge in [-0.05, 0) is 32.9 Å². The first-order chi connectivity index (χ1) is 8.43. The van der Waals surface area contributed by atoms with E-state index >= 15 is 0 Å². The topological polar surface area (TPSA) is 77.2 Å². The molecular weight excluding hydrogens is 230 g/mol. The second-order valence-corrected chi connectivity index (χ2v) is 5.08. The second kappa shape index (κ2) is 4.66. The van der Waals surface area contributed by atoms with Gasteiger partial charge in [0.15, 0.2) is 0 Å². The molecule has 1 aliphatic rings. The Balaban J connectivity index is 2.16. The van der Waals surface area contributed by atoms with Crippen LogP contribution in [0.5, 0.6) is 0 Å². The summed E-state index contributed by atoms with van der Waals surface area (Å²) in [6, 6.07) is 3.47. The largest absolute Gasteiger partial charge is 0.379 e. The molecule has 5 nitrogen and oxygen atoms in total. The summed E-state index contributed by atoms with van der Waals surface area (Å²) in [5, 5.41) is 2.89. The van der Waals surface area contributed by atoms with Gasteiger partial charge in [-0.25, -0.2) is 0 Å². The lowest BCUT2D eigenvalue weighted by Gasteiger charge is -2.25. The lowest BCUT2D eigenvalue weighted by molar-refractivity contribution is -0.125. The number of anilines is 1. The molecule has 0 aliphatic carbocycles. The molecule has 2 atom stereocenters. The van der Waals surface area contributed by atoms with Crippen molar-refractivity contribution in [3.8, 4) is 0 Å². The van der Waals surface area contributed by atoms with E-state index in [0.717, 1.165) is 17.1 Å². The number of amides is 1. The summed E-state index contributed by atoms with van der Waals surface area (Å²) in [6.07, 6.45) is 0. The van der Waals surface area contributed by atoms with E-state index in [0.29, 0.717) is 13.2 Å².